The number of nitro groups is 4. The van der Waals surface area contributed by atoms with Gasteiger partial charge in [0, 0.05) is 163 Å². The lowest BCUT2D eigenvalue weighted by Gasteiger charge is -2.32. The zero-order valence-corrected chi connectivity index (χ0v) is 86.6. The first-order valence-corrected chi connectivity index (χ1v) is 48.6. The third-order valence-electron chi connectivity index (χ3n) is 23.5. The summed E-state index contributed by atoms with van der Waals surface area (Å²) in [6.45, 7) is 22.7. The lowest BCUT2D eigenvalue weighted by molar-refractivity contribution is -0.385. The van der Waals surface area contributed by atoms with E-state index in [0.29, 0.717) is 68.0 Å². The Morgan fingerprint density at radius 1 is 0.416 bits per heavy atom. The molecule has 802 valence electrons. The molecular formula is C108H142BBr2ClN18O19. The summed E-state index contributed by atoms with van der Waals surface area (Å²) in [7, 11) is 0.524. The average Bonchev–Trinajstić information content (AvgIpc) is 1.64. The highest BCUT2D eigenvalue weighted by molar-refractivity contribution is 9.10. The Bertz CT molecular complexity index is 6330. The molecule has 0 saturated carbocycles. The van der Waals surface area contributed by atoms with Crippen molar-refractivity contribution in [2.24, 2.45) is 28.9 Å². The second kappa shape index (κ2) is 60.4. The number of hydrogen-bond acceptors (Lipinski definition) is 22. The summed E-state index contributed by atoms with van der Waals surface area (Å²) >= 11 is 6.73. The van der Waals surface area contributed by atoms with Crippen LogP contribution in [-0.2, 0) is 14.0 Å². The van der Waals surface area contributed by atoms with Crippen LogP contribution in [0.5, 0.6) is 0 Å². The van der Waals surface area contributed by atoms with Crippen LogP contribution in [0, 0.1) is 46.4 Å². The van der Waals surface area contributed by atoms with Gasteiger partial charge in [0.2, 0.25) is 0 Å². The van der Waals surface area contributed by atoms with E-state index in [0.717, 1.165) is 167 Å². The minimum Gasteiger partial charge on any atom is -0.477 e. The number of nitrogens with zero attached hydrogens (tertiary/aromatic N) is 4. The number of non-ortho nitro benzene ring substituents is 4. The molecule has 14 aromatic rings. The van der Waals surface area contributed by atoms with Crippen molar-refractivity contribution in [1.29, 1.82) is 0 Å². The number of ether oxygens (including phenoxy) is 1. The van der Waals surface area contributed by atoms with Gasteiger partial charge in [-0.05, 0) is 254 Å². The number of carboxylic acid groups (broad SMARTS) is 1. The number of fused-ring (bicyclic) bond motifs is 5. The fraction of sp³-hybridized carbons (Fsp3) is 0.352. The number of nitrogens with two attached hydrogens (primary N) is 4. The van der Waals surface area contributed by atoms with Crippen molar-refractivity contribution in [2.45, 2.75) is 198 Å². The van der Waals surface area contributed by atoms with Gasteiger partial charge in [0.1, 0.15) is 34.1 Å². The fourth-order valence-corrected chi connectivity index (χ4v) is 15.6. The third-order valence-corrected chi connectivity index (χ3v) is 24.5. The van der Waals surface area contributed by atoms with Crippen LogP contribution in [-0.4, -0.2) is 179 Å². The van der Waals surface area contributed by atoms with E-state index < -0.39 is 55.7 Å². The number of carbonyl (C=O) groups is 6. The SMILES string of the molecule is C.C.C.C.CC1(C)OB(c2ccc([N+](=O)[O-])cc2)OC1(C)C.CCCC[C@@H](CNC(=O)c1cc2ccc(Br)cc2[nH]1)NC(=O)OC(C)(C)C.CCCC[C@H](C)CNC(=O)c1cc2ccc(-c3ccc([N+](=O)[O-])cc3)cc2[nH]1.CO.Cl.NCCC[C@H](N)CNC(=O)c1cc2ccc(-c3ccc([N+](=O)[O-])cc3)cc2[nH]1.NCCC[C@H](N)CNC(=O)c1cc2ccc(-c3ccc([N+](=O)[O-])cc3)cc2[nH]1.O=C(O)c1cc2ccc(Br)cc2[nH]1. The Hall–Kier alpha value is -14.1. The molecule has 1 aliphatic heterocycles. The number of aromatic nitrogens is 5. The number of unbranched alkanes of at least 4 members (excludes halogenated alkanes) is 2. The average molecular weight is 2200 g/mol. The standard InChI is InChI=1S/C22H25N3O3.C20H28BrN3O3.2C20H23N5O3.C12H16BNO4.C9H6BrNO2.CH4O.4CH4.ClH/c1-3-4-5-15(2)14-23-22(26)21-13-18-7-6-17(12-20(18)24-21)16-8-10-19(11-9-16)25(27)28;1-5-6-7-15(23-19(26)27-20(2,3)4)12-22-18(25)17-10-13-8-9-14(21)11-16(13)24-17;2*21-9-1-2-16(22)12-23-20(26)19-11-15-4-3-14(10-18(15)24-19)13-5-7-17(8-6-13)25(27)28;1-11(2)12(3,4)18-13(17-11)9-5-7-10(8-6-9)14(15)16;10-6-2-1-5-3-8(9(12)13)11-7(5)4-6;1-2;;;;;/h6-13,15,24H,3-5,14H2,1-2H3,(H,23,26);8-11,15,24H,5-7,12H2,1-4H3,(H,22,25)(H,23,26);2*3-8,10-11,16,24H,1-2,9,12,21-22H2,(H,23,26);5-8H,1-4H3;1-4,11H,(H,12,13);2H,1H3;4*1H4;1H/t2*15-;2*16-;;;;;;;;/m0000......../s1. The zero-order chi connectivity index (χ0) is 105. The third kappa shape index (κ3) is 38.2. The molecule has 20 N–H and O–H groups in total. The van der Waals surface area contributed by atoms with Crippen LogP contribution in [0.3, 0.4) is 0 Å². The summed E-state index contributed by atoms with van der Waals surface area (Å²) in [6.07, 6.45) is 8.92. The summed E-state index contributed by atoms with van der Waals surface area (Å²) in [5.41, 5.74) is 34.2. The first-order valence-electron chi connectivity index (χ1n) is 47.0. The van der Waals surface area contributed by atoms with E-state index in [2.05, 4.69) is 104 Å². The molecule has 1 fully saturated rings. The maximum Gasteiger partial charge on any atom is 0.494 e. The van der Waals surface area contributed by atoms with Gasteiger partial charge < -0.3 is 98.7 Å². The van der Waals surface area contributed by atoms with Gasteiger partial charge in [0.05, 0.1) is 30.9 Å². The molecule has 5 aromatic heterocycles. The molecule has 0 unspecified atom stereocenters. The number of benzene rings is 9. The normalized spacial score (nSPS) is 12.6. The van der Waals surface area contributed by atoms with Gasteiger partial charge in [0.15, 0.2) is 0 Å². The van der Waals surface area contributed by atoms with Crippen molar-refractivity contribution in [3.63, 3.8) is 0 Å². The van der Waals surface area contributed by atoms with E-state index in [4.69, 9.17) is 47.2 Å². The number of hydrogen-bond donors (Lipinski definition) is 16. The fourth-order valence-electron chi connectivity index (χ4n) is 14.9. The molecule has 5 amide bonds. The molecule has 15 rings (SSSR count). The van der Waals surface area contributed by atoms with E-state index in [1.165, 1.54) is 55.0 Å². The van der Waals surface area contributed by atoms with Crippen molar-refractivity contribution in [3.8, 4) is 33.4 Å². The highest BCUT2D eigenvalue weighted by Gasteiger charge is 2.52. The maximum atomic E-state index is 12.5. The summed E-state index contributed by atoms with van der Waals surface area (Å²) in [5, 5.41) is 77.7. The largest absolute Gasteiger partial charge is 0.494 e. The lowest BCUT2D eigenvalue weighted by Crippen LogP contribution is -2.45. The van der Waals surface area contributed by atoms with Gasteiger partial charge in [-0.3, -0.25) is 59.6 Å². The summed E-state index contributed by atoms with van der Waals surface area (Å²) in [6, 6.07) is 62.6. The molecule has 0 aliphatic carbocycles. The van der Waals surface area contributed by atoms with Crippen LogP contribution in [0.4, 0.5) is 27.5 Å². The van der Waals surface area contributed by atoms with Gasteiger partial charge in [-0.25, -0.2) is 9.59 Å². The number of nitrogens with one attached hydrogen (secondary N) is 10. The monoisotopic (exact) mass is 2200 g/mol. The number of amides is 5. The molecule has 37 nitrogen and oxygen atoms in total. The molecule has 0 radical (unpaired) electrons. The molecule has 0 bridgehead atoms. The van der Waals surface area contributed by atoms with Crippen LogP contribution >= 0.6 is 44.3 Å². The molecule has 149 heavy (non-hydrogen) atoms. The molecule has 9 aromatic carbocycles. The number of alkyl carbamates (subject to hydrolysis) is 1. The van der Waals surface area contributed by atoms with Crippen LogP contribution in [0.1, 0.15) is 216 Å². The number of aliphatic hydroxyl groups is 1. The molecule has 4 atom stereocenters. The Morgan fingerprint density at radius 2 is 0.698 bits per heavy atom. The van der Waals surface area contributed by atoms with Crippen LogP contribution in [0.15, 0.2) is 227 Å². The summed E-state index contributed by atoms with van der Waals surface area (Å²) < 4.78 is 18.9. The first kappa shape index (κ1) is 127. The van der Waals surface area contributed by atoms with E-state index >= 15 is 0 Å². The second-order valence-corrected chi connectivity index (χ2v) is 38.2. The number of aliphatic hydroxyl groups excluding tert-OH is 1. The number of rotatable bonds is 34. The van der Waals surface area contributed by atoms with Gasteiger partial charge >= 0.3 is 19.2 Å². The van der Waals surface area contributed by atoms with Gasteiger partial charge in [-0.15, -0.1) is 12.4 Å². The van der Waals surface area contributed by atoms with E-state index in [1.807, 2.05) is 152 Å². The summed E-state index contributed by atoms with van der Waals surface area (Å²) in [4.78, 5) is 129. The van der Waals surface area contributed by atoms with Crippen LogP contribution in [0.25, 0.3) is 87.9 Å². The summed E-state index contributed by atoms with van der Waals surface area (Å²) in [5.74, 6) is -1.20. The van der Waals surface area contributed by atoms with Crippen LogP contribution < -0.4 is 55.0 Å². The van der Waals surface area contributed by atoms with E-state index in [9.17, 15) is 69.2 Å². The van der Waals surface area contributed by atoms with Gasteiger partial charge in [-0.2, -0.15) is 0 Å². The first-order chi connectivity index (χ1) is 68.5. The number of aromatic carboxylic acids is 1. The van der Waals surface area contributed by atoms with E-state index in [1.54, 1.807) is 66.7 Å². The zero-order valence-electron chi connectivity index (χ0n) is 82.6. The number of H-pyrrole nitrogens is 5. The van der Waals surface area contributed by atoms with Gasteiger partial charge in [0.25, 0.3) is 46.4 Å². The Morgan fingerprint density at radius 3 is 1.01 bits per heavy atom. The van der Waals surface area contributed by atoms with Crippen molar-refractivity contribution < 1.29 is 72.7 Å². The van der Waals surface area contributed by atoms with Crippen molar-refractivity contribution in [2.75, 3.05) is 46.4 Å². The van der Waals surface area contributed by atoms with E-state index in [-0.39, 0.29) is 112 Å². The highest BCUT2D eigenvalue weighted by Crippen LogP contribution is 2.38. The topological polar surface area (TPSA) is 586 Å². The smallest absolute Gasteiger partial charge is 0.477 e. The number of aromatic amines is 5. The van der Waals surface area contributed by atoms with Gasteiger partial charge in [-0.1, -0.05) is 169 Å². The molecule has 1 saturated heterocycles. The molecule has 0 spiro atoms. The van der Waals surface area contributed by atoms with Crippen molar-refractivity contribution in [1.82, 2.24) is 51.5 Å². The minimum atomic E-state index is -0.938. The minimum absolute atomic E-state index is 0. The lowest BCUT2D eigenvalue weighted by atomic mass is 9.79. The number of carboxylic acids is 1. The predicted molar refractivity (Wildman–Crippen MR) is 604 cm³/mol. The van der Waals surface area contributed by atoms with Crippen molar-refractivity contribution in [3.05, 3.63) is 296 Å². The maximum absolute atomic E-state index is 12.5. The molecule has 41 heteroatoms. The second-order valence-electron chi connectivity index (χ2n) is 36.4. The highest BCUT2D eigenvalue weighted by atomic mass is 79.9. The predicted octanol–water partition coefficient (Wildman–Crippen LogP) is 22.2. The Labute approximate surface area is 891 Å². The quantitative estimate of drug-likeness (QED) is 0.0101. The number of nitro benzene ring substituents is 4. The Balaban J connectivity index is 0.000000373. The molecular weight excluding hydrogens is 2060 g/mol. The Kier molecular flexibility index (Phi) is 51.6. The number of halogens is 3. The van der Waals surface area contributed by atoms with Crippen LogP contribution in [0.2, 0.25) is 0 Å². The van der Waals surface area contributed by atoms with Crippen molar-refractivity contribution >= 4 is 170 Å². The number of carbonyl (C=O) groups excluding carboxylic acids is 5. The molecule has 6 heterocycles. The molecule has 1 aliphatic rings.